The second-order valence-electron chi connectivity index (χ2n) is 4.48. The van der Waals surface area contributed by atoms with Gasteiger partial charge in [0.25, 0.3) is 10.0 Å². The maximum absolute atomic E-state index is 12.7. The molecule has 2 aromatic rings. The number of anilines is 1. The third kappa shape index (κ3) is 1.81. The van der Waals surface area contributed by atoms with Gasteiger partial charge in [0.1, 0.15) is 0 Å². The van der Waals surface area contributed by atoms with Crippen LogP contribution in [-0.4, -0.2) is 29.6 Å². The van der Waals surface area contributed by atoms with Crippen LogP contribution >= 0.6 is 0 Å². The Balaban J connectivity index is 2.30. The molecule has 0 unspecified atom stereocenters. The lowest BCUT2D eigenvalue weighted by Crippen LogP contribution is -2.40. The van der Waals surface area contributed by atoms with Crippen molar-refractivity contribution in [3.8, 4) is 0 Å². The fraction of sp³-hybridized carbons (Fsp3) is 0.167. The van der Waals surface area contributed by atoms with Gasteiger partial charge in [0.05, 0.1) is 17.6 Å². The molecule has 0 bridgehead atoms. The highest BCUT2D eigenvalue weighted by Gasteiger charge is 2.36. The number of hydrogen-bond donors (Lipinski definition) is 2. The fourth-order valence-corrected chi connectivity index (χ4v) is 3.80. The molecule has 1 atom stereocenters. The van der Waals surface area contributed by atoms with Gasteiger partial charge in [-0.05, 0) is 19.1 Å². The summed E-state index contributed by atoms with van der Waals surface area (Å²) >= 11 is 0. The molecule has 1 aliphatic rings. The van der Waals surface area contributed by atoms with E-state index in [9.17, 15) is 8.42 Å². The van der Waals surface area contributed by atoms with E-state index in [1.54, 1.807) is 25.1 Å². The van der Waals surface area contributed by atoms with E-state index in [0.717, 1.165) is 0 Å². The lowest BCUT2D eigenvalue weighted by molar-refractivity contribution is 0.587. The van der Waals surface area contributed by atoms with Crippen molar-refractivity contribution in [3.05, 3.63) is 42.0 Å². The van der Waals surface area contributed by atoms with Crippen LogP contribution in [0.1, 0.15) is 12.5 Å². The van der Waals surface area contributed by atoms with Crippen molar-refractivity contribution in [2.24, 2.45) is 5.73 Å². The Hall–Kier alpha value is -2.19. The number of fused-ring (bicyclic) bond motifs is 1. The quantitative estimate of drug-likeness (QED) is 0.847. The molecule has 2 aromatic heterocycles. The number of aromatic nitrogens is 3. The molecular formula is C12H13N5O2S. The Morgan fingerprint density at radius 3 is 2.90 bits per heavy atom. The van der Waals surface area contributed by atoms with E-state index in [1.165, 1.54) is 22.9 Å². The van der Waals surface area contributed by atoms with Gasteiger partial charge in [-0.15, -0.1) is 0 Å². The molecule has 20 heavy (non-hydrogen) atoms. The molecule has 3 N–H and O–H groups in total. The molecule has 7 nitrogen and oxygen atoms in total. The first-order valence-corrected chi connectivity index (χ1v) is 7.42. The predicted molar refractivity (Wildman–Crippen MR) is 74.1 cm³/mol. The van der Waals surface area contributed by atoms with Crippen molar-refractivity contribution in [3.63, 3.8) is 0 Å². The summed E-state index contributed by atoms with van der Waals surface area (Å²) in [5.74, 6) is 0. The minimum Gasteiger partial charge on any atom is -0.323 e. The summed E-state index contributed by atoms with van der Waals surface area (Å²) in [7, 11) is -3.79. The molecule has 0 spiro atoms. The first-order chi connectivity index (χ1) is 9.51. The number of aromatic amines is 1. The van der Waals surface area contributed by atoms with Gasteiger partial charge in [-0.2, -0.15) is 13.5 Å². The van der Waals surface area contributed by atoms with Crippen LogP contribution in [-0.2, 0) is 10.0 Å². The fourth-order valence-electron chi connectivity index (χ4n) is 2.13. The molecule has 8 heteroatoms. The zero-order valence-corrected chi connectivity index (χ0v) is 11.5. The Morgan fingerprint density at radius 2 is 2.25 bits per heavy atom. The average Bonchev–Trinajstić information content (AvgIpc) is 2.91. The first-order valence-electron chi connectivity index (χ1n) is 5.98. The van der Waals surface area contributed by atoms with Crippen LogP contribution in [0.15, 0.2) is 41.4 Å². The highest BCUT2D eigenvalue weighted by atomic mass is 32.2. The summed E-state index contributed by atoms with van der Waals surface area (Å²) in [4.78, 5) is 3.98. The summed E-state index contributed by atoms with van der Waals surface area (Å²) in [6.07, 6.45) is 6.12. The summed E-state index contributed by atoms with van der Waals surface area (Å²) in [5.41, 5.74) is 7.34. The number of H-pyrrole nitrogens is 1. The van der Waals surface area contributed by atoms with Crippen molar-refractivity contribution < 1.29 is 8.42 Å². The van der Waals surface area contributed by atoms with E-state index in [-0.39, 0.29) is 5.03 Å². The maximum atomic E-state index is 12.7. The van der Waals surface area contributed by atoms with Crippen LogP contribution in [0.25, 0.3) is 6.08 Å². The van der Waals surface area contributed by atoms with E-state index in [2.05, 4.69) is 15.2 Å². The van der Waals surface area contributed by atoms with Gasteiger partial charge in [0.2, 0.25) is 0 Å². The van der Waals surface area contributed by atoms with Crippen LogP contribution in [0.4, 0.5) is 5.69 Å². The third-order valence-corrected chi connectivity index (χ3v) is 4.74. The van der Waals surface area contributed by atoms with Crippen LogP contribution in [0.2, 0.25) is 0 Å². The Labute approximate surface area is 116 Å². The normalized spacial score (nSPS) is 18.3. The number of nitrogens with one attached hydrogen (secondary N) is 1. The van der Waals surface area contributed by atoms with Crippen molar-refractivity contribution >= 4 is 21.8 Å². The number of hydrogen-bond acceptors (Lipinski definition) is 5. The van der Waals surface area contributed by atoms with E-state index in [1.807, 2.05) is 0 Å². The van der Waals surface area contributed by atoms with Gasteiger partial charge < -0.3 is 5.73 Å². The molecule has 0 fully saturated rings. The molecule has 3 rings (SSSR count). The SMILES string of the molecule is C[C@H](N)C1=Cc2cccnc2S(=O)(=O)N1c1cn[nH]c1. The summed E-state index contributed by atoms with van der Waals surface area (Å²) < 4.78 is 26.7. The van der Waals surface area contributed by atoms with Crippen molar-refractivity contribution in [2.75, 3.05) is 4.31 Å². The monoisotopic (exact) mass is 291 g/mol. The lowest BCUT2D eigenvalue weighted by Gasteiger charge is -2.31. The van der Waals surface area contributed by atoms with E-state index < -0.39 is 16.1 Å². The molecule has 0 amide bonds. The third-order valence-electron chi connectivity index (χ3n) is 3.01. The number of sulfonamides is 1. The largest absolute Gasteiger partial charge is 0.323 e. The smallest absolute Gasteiger partial charge is 0.286 e. The average molecular weight is 291 g/mol. The standard InChI is InChI=1S/C12H13N5O2S/c1-8(13)11-5-9-3-2-4-14-12(9)20(18,19)17(11)10-6-15-16-7-10/h2-8H,13H2,1H3,(H,15,16)/t8-/m0/s1. The van der Waals surface area contributed by atoms with Gasteiger partial charge in [0.15, 0.2) is 5.03 Å². The van der Waals surface area contributed by atoms with Crippen molar-refractivity contribution in [2.45, 2.75) is 18.0 Å². The Morgan fingerprint density at radius 1 is 1.45 bits per heavy atom. The number of nitrogens with zero attached hydrogens (tertiary/aromatic N) is 3. The molecular weight excluding hydrogens is 278 g/mol. The van der Waals surface area contributed by atoms with Gasteiger partial charge in [-0.1, -0.05) is 6.07 Å². The highest BCUT2D eigenvalue weighted by Crippen LogP contribution is 2.34. The number of nitrogens with two attached hydrogens (primary N) is 1. The molecule has 0 saturated carbocycles. The minimum atomic E-state index is -3.79. The molecule has 0 aliphatic carbocycles. The van der Waals surface area contributed by atoms with Gasteiger partial charge in [0, 0.05) is 24.0 Å². The molecule has 0 aromatic carbocycles. The second-order valence-corrected chi connectivity index (χ2v) is 6.18. The number of rotatable bonds is 2. The lowest BCUT2D eigenvalue weighted by atomic mass is 10.1. The molecule has 0 radical (unpaired) electrons. The maximum Gasteiger partial charge on any atom is 0.286 e. The molecule has 1 aliphatic heterocycles. The van der Waals surface area contributed by atoms with Crippen molar-refractivity contribution in [1.29, 1.82) is 0 Å². The molecule has 3 heterocycles. The van der Waals surface area contributed by atoms with E-state index in [4.69, 9.17) is 5.73 Å². The summed E-state index contributed by atoms with van der Waals surface area (Å²) in [6.45, 7) is 1.73. The second kappa shape index (κ2) is 4.43. The predicted octanol–water partition coefficient (Wildman–Crippen LogP) is 0.702. The van der Waals surface area contributed by atoms with Crippen LogP contribution in [0.5, 0.6) is 0 Å². The number of pyridine rings is 1. The van der Waals surface area contributed by atoms with E-state index in [0.29, 0.717) is 16.9 Å². The Bertz CT molecular complexity index is 765. The van der Waals surface area contributed by atoms with Crippen LogP contribution in [0.3, 0.4) is 0 Å². The highest BCUT2D eigenvalue weighted by molar-refractivity contribution is 7.93. The topological polar surface area (TPSA) is 105 Å². The minimum absolute atomic E-state index is 0.0191. The molecule has 104 valence electrons. The van der Waals surface area contributed by atoms with Crippen molar-refractivity contribution in [1.82, 2.24) is 15.2 Å². The zero-order valence-electron chi connectivity index (χ0n) is 10.7. The van der Waals surface area contributed by atoms with Gasteiger partial charge >= 0.3 is 0 Å². The Kier molecular flexibility index (Phi) is 2.84. The van der Waals surface area contributed by atoms with Crippen LogP contribution < -0.4 is 10.0 Å². The molecule has 0 saturated heterocycles. The summed E-state index contributed by atoms with van der Waals surface area (Å²) in [5, 5.41) is 6.42. The summed E-state index contributed by atoms with van der Waals surface area (Å²) in [6, 6.07) is 2.94. The van der Waals surface area contributed by atoms with E-state index >= 15 is 0 Å². The first kappa shape index (κ1) is 12.8. The van der Waals surface area contributed by atoms with Gasteiger partial charge in [-0.25, -0.2) is 9.29 Å². The van der Waals surface area contributed by atoms with Gasteiger partial charge in [-0.3, -0.25) is 5.10 Å². The van der Waals surface area contributed by atoms with Crippen LogP contribution in [0, 0.1) is 0 Å². The zero-order chi connectivity index (χ0) is 14.3.